The zero-order valence-corrected chi connectivity index (χ0v) is 19.6. The molecule has 0 radical (unpaired) electrons. The minimum atomic E-state index is -0.597. The summed E-state index contributed by atoms with van der Waals surface area (Å²) in [5, 5.41) is 0.910. The lowest BCUT2D eigenvalue weighted by molar-refractivity contribution is -0.139. The third-order valence-corrected chi connectivity index (χ3v) is 7.29. The number of benzene rings is 2. The van der Waals surface area contributed by atoms with Crippen LogP contribution >= 0.6 is 11.3 Å². The van der Waals surface area contributed by atoms with Crippen LogP contribution in [0.15, 0.2) is 48.5 Å². The molecule has 5 rings (SSSR count). The fourth-order valence-corrected chi connectivity index (χ4v) is 5.49. The summed E-state index contributed by atoms with van der Waals surface area (Å²) in [4.78, 5) is 36.5. The SMILES string of the molecule is CN(Cc1nc2ccccc2s1)C(=O)CN1C[C@H](C(=O)N2CCCCC2)Oc2ccccc21. The number of thiazole rings is 1. The number of carbonyl (C=O) groups is 2. The van der Waals surface area contributed by atoms with Gasteiger partial charge in [-0.25, -0.2) is 4.98 Å². The number of anilines is 1. The van der Waals surface area contributed by atoms with Crippen molar-refractivity contribution in [3.8, 4) is 5.75 Å². The quantitative estimate of drug-likeness (QED) is 0.578. The second-order valence-electron chi connectivity index (χ2n) is 8.67. The van der Waals surface area contributed by atoms with E-state index in [9.17, 15) is 9.59 Å². The number of fused-ring (bicyclic) bond motifs is 2. The van der Waals surface area contributed by atoms with Crippen LogP contribution in [0.3, 0.4) is 0 Å². The van der Waals surface area contributed by atoms with Gasteiger partial charge in [-0.15, -0.1) is 11.3 Å². The van der Waals surface area contributed by atoms with Crippen LogP contribution in [0.25, 0.3) is 10.2 Å². The van der Waals surface area contributed by atoms with Crippen molar-refractivity contribution in [3.63, 3.8) is 0 Å². The van der Waals surface area contributed by atoms with Crippen LogP contribution in [-0.4, -0.2) is 65.9 Å². The lowest BCUT2D eigenvalue weighted by Gasteiger charge is -2.38. The lowest BCUT2D eigenvalue weighted by atomic mass is 10.1. The first-order valence-electron chi connectivity index (χ1n) is 11.5. The third-order valence-electron chi connectivity index (χ3n) is 6.27. The molecule has 2 aliphatic heterocycles. The van der Waals surface area contributed by atoms with Crippen LogP contribution in [0.1, 0.15) is 24.3 Å². The minimum Gasteiger partial charge on any atom is -0.477 e. The van der Waals surface area contributed by atoms with Gasteiger partial charge < -0.3 is 19.4 Å². The van der Waals surface area contributed by atoms with Gasteiger partial charge in [-0.3, -0.25) is 9.59 Å². The Morgan fingerprint density at radius 1 is 1.09 bits per heavy atom. The average Bonchev–Trinajstić information content (AvgIpc) is 3.26. The van der Waals surface area contributed by atoms with E-state index in [4.69, 9.17) is 4.74 Å². The molecule has 172 valence electrons. The molecular weight excluding hydrogens is 436 g/mol. The van der Waals surface area contributed by atoms with Gasteiger partial charge in [-0.2, -0.15) is 0 Å². The van der Waals surface area contributed by atoms with E-state index in [0.717, 1.165) is 46.8 Å². The van der Waals surface area contributed by atoms with Crippen molar-refractivity contribution < 1.29 is 14.3 Å². The predicted molar refractivity (Wildman–Crippen MR) is 130 cm³/mol. The zero-order valence-electron chi connectivity index (χ0n) is 18.8. The van der Waals surface area contributed by atoms with Crippen molar-refractivity contribution in [3.05, 3.63) is 53.5 Å². The van der Waals surface area contributed by atoms with E-state index in [2.05, 4.69) is 4.98 Å². The number of likely N-dealkylation sites (N-methyl/N-ethyl adjacent to an activating group) is 1. The van der Waals surface area contributed by atoms with Gasteiger partial charge in [-0.05, 0) is 43.5 Å². The highest BCUT2D eigenvalue weighted by Gasteiger charge is 2.34. The molecule has 8 heteroatoms. The largest absolute Gasteiger partial charge is 0.477 e. The topological polar surface area (TPSA) is 66.0 Å². The Hall–Kier alpha value is -3.13. The van der Waals surface area contributed by atoms with E-state index in [1.165, 1.54) is 6.42 Å². The molecule has 33 heavy (non-hydrogen) atoms. The van der Waals surface area contributed by atoms with Gasteiger partial charge in [0.15, 0.2) is 6.10 Å². The van der Waals surface area contributed by atoms with E-state index in [1.54, 1.807) is 23.3 Å². The Morgan fingerprint density at radius 2 is 1.85 bits per heavy atom. The van der Waals surface area contributed by atoms with E-state index < -0.39 is 6.10 Å². The predicted octanol–water partition coefficient (Wildman–Crippen LogP) is 3.53. The molecule has 1 saturated heterocycles. The molecule has 7 nitrogen and oxygen atoms in total. The van der Waals surface area contributed by atoms with E-state index in [0.29, 0.717) is 18.8 Å². The summed E-state index contributed by atoms with van der Waals surface area (Å²) in [7, 11) is 1.80. The molecule has 0 unspecified atom stereocenters. The van der Waals surface area contributed by atoms with Gasteiger partial charge in [0, 0.05) is 20.1 Å². The van der Waals surface area contributed by atoms with Gasteiger partial charge >= 0.3 is 0 Å². The molecule has 3 heterocycles. The maximum absolute atomic E-state index is 13.1. The normalized spacial score (nSPS) is 18.0. The number of hydrogen-bond donors (Lipinski definition) is 0. The van der Waals surface area contributed by atoms with Gasteiger partial charge in [0.1, 0.15) is 10.8 Å². The summed E-state index contributed by atoms with van der Waals surface area (Å²) in [5.41, 5.74) is 1.81. The first-order chi connectivity index (χ1) is 16.1. The molecule has 0 saturated carbocycles. The van der Waals surface area contributed by atoms with E-state index >= 15 is 0 Å². The number of hydrogen-bond acceptors (Lipinski definition) is 6. The molecule has 0 bridgehead atoms. The highest BCUT2D eigenvalue weighted by Crippen LogP contribution is 2.33. The molecule has 0 N–H and O–H groups in total. The summed E-state index contributed by atoms with van der Waals surface area (Å²) in [6, 6.07) is 15.6. The fraction of sp³-hybridized carbons (Fsp3) is 0.400. The molecule has 0 spiro atoms. The smallest absolute Gasteiger partial charge is 0.265 e. The molecule has 1 fully saturated rings. The summed E-state index contributed by atoms with van der Waals surface area (Å²) in [5.74, 6) is 0.653. The minimum absolute atomic E-state index is 0.0180. The van der Waals surface area contributed by atoms with Crippen molar-refractivity contribution in [1.29, 1.82) is 0 Å². The third kappa shape index (κ3) is 4.66. The van der Waals surface area contributed by atoms with Crippen LogP contribution < -0.4 is 9.64 Å². The summed E-state index contributed by atoms with van der Waals surface area (Å²) in [6.07, 6.45) is 2.64. The molecule has 1 aromatic heterocycles. The zero-order chi connectivity index (χ0) is 22.8. The van der Waals surface area contributed by atoms with Gasteiger partial charge in [0.2, 0.25) is 5.91 Å². The number of nitrogens with zero attached hydrogens (tertiary/aromatic N) is 4. The Kier molecular flexibility index (Phi) is 6.17. The number of rotatable bonds is 5. The number of aromatic nitrogens is 1. The first-order valence-corrected chi connectivity index (χ1v) is 12.3. The molecule has 3 aromatic rings. The van der Waals surface area contributed by atoms with Crippen molar-refractivity contribution >= 4 is 39.1 Å². The summed E-state index contributed by atoms with van der Waals surface area (Å²) >= 11 is 1.61. The number of likely N-dealkylation sites (tertiary alicyclic amines) is 1. The molecule has 2 aromatic carbocycles. The van der Waals surface area contributed by atoms with Crippen molar-refractivity contribution in [2.75, 3.05) is 38.1 Å². The van der Waals surface area contributed by atoms with E-state index in [1.807, 2.05) is 58.3 Å². The van der Waals surface area contributed by atoms with E-state index in [-0.39, 0.29) is 18.4 Å². The Labute approximate surface area is 197 Å². The Balaban J connectivity index is 1.29. The molecule has 1 atom stereocenters. The standard InChI is InChI=1S/C25H28N4O3S/c1-27(16-23-26-18-9-3-6-12-22(18)33-23)24(30)17-29-15-21(25(31)28-13-7-2-8-14-28)32-20-11-5-4-10-19(20)29/h3-6,9-12,21H,2,7-8,13-17H2,1H3/t21-/m1/s1. The molecular formula is C25H28N4O3S. The Bertz CT molecular complexity index is 1120. The number of carbonyl (C=O) groups excluding carboxylic acids is 2. The fourth-order valence-electron chi connectivity index (χ4n) is 4.47. The van der Waals surface area contributed by atoms with Crippen LogP contribution in [0, 0.1) is 0 Å². The van der Waals surface area contributed by atoms with Crippen molar-refractivity contribution in [1.82, 2.24) is 14.8 Å². The maximum atomic E-state index is 13.1. The van der Waals surface area contributed by atoms with Gasteiger partial charge in [0.25, 0.3) is 5.91 Å². The lowest BCUT2D eigenvalue weighted by Crippen LogP contribution is -2.53. The van der Waals surface area contributed by atoms with Crippen LogP contribution in [0.2, 0.25) is 0 Å². The van der Waals surface area contributed by atoms with Crippen LogP contribution in [0.4, 0.5) is 5.69 Å². The van der Waals surface area contributed by atoms with Gasteiger partial charge in [0.05, 0.1) is 35.5 Å². The summed E-state index contributed by atoms with van der Waals surface area (Å²) in [6.45, 7) is 2.58. The monoisotopic (exact) mass is 464 g/mol. The molecule has 2 aliphatic rings. The molecule has 2 amide bonds. The van der Waals surface area contributed by atoms with Crippen molar-refractivity contribution in [2.45, 2.75) is 31.9 Å². The number of amides is 2. The van der Waals surface area contributed by atoms with Gasteiger partial charge in [-0.1, -0.05) is 24.3 Å². The second kappa shape index (κ2) is 9.39. The number of ether oxygens (including phenoxy) is 1. The average molecular weight is 465 g/mol. The highest BCUT2D eigenvalue weighted by atomic mass is 32.1. The molecule has 0 aliphatic carbocycles. The highest BCUT2D eigenvalue weighted by molar-refractivity contribution is 7.18. The first kappa shape index (κ1) is 21.7. The maximum Gasteiger partial charge on any atom is 0.265 e. The van der Waals surface area contributed by atoms with Crippen LogP contribution in [-0.2, 0) is 16.1 Å². The Morgan fingerprint density at radius 3 is 2.67 bits per heavy atom. The second-order valence-corrected chi connectivity index (χ2v) is 9.78. The summed E-state index contributed by atoms with van der Waals surface area (Å²) < 4.78 is 7.20. The van der Waals surface area contributed by atoms with Crippen LogP contribution in [0.5, 0.6) is 5.75 Å². The number of piperidine rings is 1. The van der Waals surface area contributed by atoms with Crippen molar-refractivity contribution in [2.24, 2.45) is 0 Å². The number of para-hydroxylation sites is 3.